The molecule has 1 atom stereocenters. The number of rotatable bonds is 3. The van der Waals surface area contributed by atoms with Crippen molar-refractivity contribution in [2.24, 2.45) is 0 Å². The predicted octanol–water partition coefficient (Wildman–Crippen LogP) is 1.16. The number of carbonyl (C=O) groups excluding carboxylic acids is 1. The van der Waals surface area contributed by atoms with Gasteiger partial charge in [-0.25, -0.2) is 4.98 Å². The van der Waals surface area contributed by atoms with Gasteiger partial charge in [-0.15, -0.1) is 0 Å². The fraction of sp³-hybridized carbons (Fsp3) is 0.375. The molecule has 1 aliphatic heterocycles. The van der Waals surface area contributed by atoms with E-state index >= 15 is 0 Å². The van der Waals surface area contributed by atoms with Gasteiger partial charge >= 0.3 is 0 Å². The summed E-state index contributed by atoms with van der Waals surface area (Å²) in [6.07, 6.45) is 4.75. The number of hydrogen-bond donors (Lipinski definition) is 1. The fourth-order valence-corrected chi connectivity index (χ4v) is 2.62. The second-order valence-corrected chi connectivity index (χ2v) is 5.52. The Morgan fingerprint density at radius 3 is 3.00 bits per heavy atom. The Balaban J connectivity index is 1.67. The number of piperidine rings is 1. The number of ether oxygens (including phenoxy) is 1. The number of nitrogens with one attached hydrogen (secondary N) is 1. The van der Waals surface area contributed by atoms with E-state index in [4.69, 9.17) is 4.74 Å². The predicted molar refractivity (Wildman–Crippen MR) is 83.4 cm³/mol. The summed E-state index contributed by atoms with van der Waals surface area (Å²) in [6.45, 7) is 2.99. The molecule has 0 bridgehead atoms. The molecular formula is C16H18N4O3. The summed E-state index contributed by atoms with van der Waals surface area (Å²) < 4.78 is 5.87. The van der Waals surface area contributed by atoms with Crippen LogP contribution in [0, 0.1) is 6.92 Å². The number of pyridine rings is 1. The minimum Gasteiger partial charge on any atom is -0.472 e. The van der Waals surface area contributed by atoms with Crippen molar-refractivity contribution in [2.45, 2.75) is 25.9 Å². The summed E-state index contributed by atoms with van der Waals surface area (Å²) in [5, 5.41) is 0. The average Bonchev–Trinajstić information content (AvgIpc) is 2.55. The topological polar surface area (TPSA) is 88.2 Å². The monoisotopic (exact) mass is 314 g/mol. The van der Waals surface area contributed by atoms with Crippen molar-refractivity contribution in [1.82, 2.24) is 19.9 Å². The average molecular weight is 314 g/mol. The lowest BCUT2D eigenvalue weighted by Gasteiger charge is -2.32. The molecule has 1 fully saturated rings. The Hall–Kier alpha value is -2.70. The Morgan fingerprint density at radius 2 is 2.26 bits per heavy atom. The van der Waals surface area contributed by atoms with E-state index in [1.54, 1.807) is 30.2 Å². The summed E-state index contributed by atoms with van der Waals surface area (Å²) in [5.74, 6) is 1.08. The molecule has 120 valence electrons. The van der Waals surface area contributed by atoms with E-state index in [-0.39, 0.29) is 17.6 Å². The van der Waals surface area contributed by atoms with E-state index in [1.165, 1.54) is 12.3 Å². The molecule has 1 aliphatic rings. The van der Waals surface area contributed by atoms with E-state index < -0.39 is 0 Å². The molecule has 0 spiro atoms. The second kappa shape index (κ2) is 6.60. The first-order valence-corrected chi connectivity index (χ1v) is 7.56. The summed E-state index contributed by atoms with van der Waals surface area (Å²) >= 11 is 0. The summed E-state index contributed by atoms with van der Waals surface area (Å²) in [4.78, 5) is 36.1. The van der Waals surface area contributed by atoms with E-state index in [9.17, 15) is 9.59 Å². The van der Waals surface area contributed by atoms with Crippen LogP contribution in [0.3, 0.4) is 0 Å². The third-order valence-corrected chi connectivity index (χ3v) is 3.73. The maximum Gasteiger partial charge on any atom is 0.255 e. The van der Waals surface area contributed by atoms with Crippen LogP contribution in [-0.4, -0.2) is 45.0 Å². The van der Waals surface area contributed by atoms with Gasteiger partial charge < -0.3 is 14.6 Å². The number of likely N-dealkylation sites (tertiary alicyclic amines) is 1. The molecule has 0 saturated carbocycles. The SMILES string of the molecule is Cc1nccc(O[C@@H]2CCCN(C(=O)c3ccc(=O)[nH]c3)C2)n1. The van der Waals surface area contributed by atoms with Crippen molar-refractivity contribution >= 4 is 5.91 Å². The van der Waals surface area contributed by atoms with Gasteiger partial charge in [0.05, 0.1) is 12.1 Å². The van der Waals surface area contributed by atoms with Gasteiger partial charge in [-0.05, 0) is 25.8 Å². The van der Waals surface area contributed by atoms with Crippen molar-refractivity contribution in [3.05, 3.63) is 52.3 Å². The number of H-pyrrole nitrogens is 1. The Morgan fingerprint density at radius 1 is 1.39 bits per heavy atom. The van der Waals surface area contributed by atoms with E-state index in [2.05, 4.69) is 15.0 Å². The van der Waals surface area contributed by atoms with Gasteiger partial charge in [-0.3, -0.25) is 9.59 Å². The lowest BCUT2D eigenvalue weighted by atomic mass is 10.1. The molecule has 1 saturated heterocycles. The lowest BCUT2D eigenvalue weighted by Crippen LogP contribution is -2.44. The minimum absolute atomic E-state index is 0.0928. The fourth-order valence-electron chi connectivity index (χ4n) is 2.62. The number of aromatic amines is 1. The highest BCUT2D eigenvalue weighted by Crippen LogP contribution is 2.18. The molecule has 7 nitrogen and oxygen atoms in total. The molecule has 3 rings (SSSR count). The van der Waals surface area contributed by atoms with Crippen LogP contribution < -0.4 is 10.3 Å². The van der Waals surface area contributed by atoms with Crippen LogP contribution in [0.25, 0.3) is 0 Å². The highest BCUT2D eigenvalue weighted by Gasteiger charge is 2.26. The molecule has 3 heterocycles. The molecule has 0 aliphatic carbocycles. The molecule has 7 heteroatoms. The van der Waals surface area contributed by atoms with Gasteiger partial charge in [-0.1, -0.05) is 0 Å². The largest absolute Gasteiger partial charge is 0.472 e. The highest BCUT2D eigenvalue weighted by molar-refractivity contribution is 5.93. The number of aryl methyl sites for hydroxylation is 1. The van der Waals surface area contributed by atoms with Crippen LogP contribution in [0.5, 0.6) is 5.88 Å². The zero-order valence-electron chi connectivity index (χ0n) is 12.9. The zero-order valence-corrected chi connectivity index (χ0v) is 12.9. The molecule has 2 aromatic heterocycles. The van der Waals surface area contributed by atoms with Crippen molar-refractivity contribution in [3.63, 3.8) is 0 Å². The van der Waals surface area contributed by atoms with Crippen molar-refractivity contribution < 1.29 is 9.53 Å². The van der Waals surface area contributed by atoms with E-state index in [0.717, 1.165) is 12.8 Å². The van der Waals surface area contributed by atoms with Gasteiger partial charge in [0.2, 0.25) is 11.4 Å². The molecule has 0 unspecified atom stereocenters. The quantitative estimate of drug-likeness (QED) is 0.918. The maximum absolute atomic E-state index is 12.5. The molecule has 0 aromatic carbocycles. The first-order valence-electron chi connectivity index (χ1n) is 7.56. The standard InChI is InChI=1S/C16H18N4O3/c1-11-17-7-6-15(19-11)23-13-3-2-8-20(10-13)16(22)12-4-5-14(21)18-9-12/h4-7,9,13H,2-3,8,10H2,1H3,(H,18,21)/t13-/m1/s1. The van der Waals surface area contributed by atoms with Crippen LogP contribution >= 0.6 is 0 Å². The van der Waals surface area contributed by atoms with Gasteiger partial charge in [0.25, 0.3) is 5.91 Å². The highest BCUT2D eigenvalue weighted by atomic mass is 16.5. The second-order valence-electron chi connectivity index (χ2n) is 5.52. The van der Waals surface area contributed by atoms with Gasteiger partial charge in [-0.2, -0.15) is 4.98 Å². The molecule has 0 radical (unpaired) electrons. The summed E-state index contributed by atoms with van der Waals surface area (Å²) in [6, 6.07) is 4.62. The van der Waals surface area contributed by atoms with Crippen molar-refractivity contribution in [3.8, 4) is 5.88 Å². The number of aromatic nitrogens is 3. The Bertz CT molecular complexity index is 738. The number of carbonyl (C=O) groups is 1. The van der Waals surface area contributed by atoms with Gasteiger partial charge in [0.15, 0.2) is 0 Å². The third kappa shape index (κ3) is 3.74. The lowest BCUT2D eigenvalue weighted by molar-refractivity contribution is 0.0526. The smallest absolute Gasteiger partial charge is 0.255 e. The van der Waals surface area contributed by atoms with Gasteiger partial charge in [0.1, 0.15) is 11.9 Å². The zero-order chi connectivity index (χ0) is 16.2. The molecular weight excluding hydrogens is 296 g/mol. The number of amides is 1. The first kappa shape index (κ1) is 15.2. The summed E-state index contributed by atoms with van der Waals surface area (Å²) in [7, 11) is 0. The van der Waals surface area contributed by atoms with E-state index in [0.29, 0.717) is 30.4 Å². The molecule has 23 heavy (non-hydrogen) atoms. The van der Waals surface area contributed by atoms with Gasteiger partial charge in [0, 0.05) is 31.1 Å². The minimum atomic E-state index is -0.222. The molecule has 1 N–H and O–H groups in total. The number of hydrogen-bond acceptors (Lipinski definition) is 5. The van der Waals surface area contributed by atoms with Crippen LogP contribution in [0.2, 0.25) is 0 Å². The van der Waals surface area contributed by atoms with Crippen LogP contribution in [0.4, 0.5) is 0 Å². The molecule has 1 amide bonds. The third-order valence-electron chi connectivity index (χ3n) is 3.73. The van der Waals surface area contributed by atoms with Crippen LogP contribution in [0.1, 0.15) is 29.0 Å². The molecule has 2 aromatic rings. The number of nitrogens with zero attached hydrogens (tertiary/aromatic N) is 3. The van der Waals surface area contributed by atoms with Crippen molar-refractivity contribution in [1.29, 1.82) is 0 Å². The first-order chi connectivity index (χ1) is 11.1. The normalized spacial score (nSPS) is 17.8. The van der Waals surface area contributed by atoms with Crippen LogP contribution in [0.15, 0.2) is 35.4 Å². The Kier molecular flexibility index (Phi) is 4.36. The van der Waals surface area contributed by atoms with Crippen LogP contribution in [-0.2, 0) is 0 Å². The Labute approximate surface area is 133 Å². The van der Waals surface area contributed by atoms with E-state index in [1.807, 2.05) is 0 Å². The summed E-state index contributed by atoms with van der Waals surface area (Å²) in [5.41, 5.74) is 0.253. The maximum atomic E-state index is 12.5. The van der Waals surface area contributed by atoms with Crippen molar-refractivity contribution in [2.75, 3.05) is 13.1 Å².